The van der Waals surface area contributed by atoms with Crippen molar-refractivity contribution in [3.8, 4) is 0 Å². The molecule has 2 aromatic rings. The first kappa shape index (κ1) is 17.2. The second kappa shape index (κ2) is 7.96. The molecule has 24 heavy (non-hydrogen) atoms. The lowest BCUT2D eigenvalue weighted by atomic mass is 10.2. The van der Waals surface area contributed by atoms with Gasteiger partial charge in [-0.25, -0.2) is 0 Å². The van der Waals surface area contributed by atoms with E-state index >= 15 is 0 Å². The van der Waals surface area contributed by atoms with Gasteiger partial charge in [0.2, 0.25) is 11.0 Å². The third kappa shape index (κ3) is 4.68. The first-order valence-electron chi connectivity index (χ1n) is 7.86. The van der Waals surface area contributed by atoms with Crippen molar-refractivity contribution in [2.75, 3.05) is 44.3 Å². The number of hydrogen-bond acceptors (Lipinski definition) is 7. The summed E-state index contributed by atoms with van der Waals surface area (Å²) in [6, 6.07) is 8.11. The summed E-state index contributed by atoms with van der Waals surface area (Å²) in [6.07, 6.45) is 0. The molecular formula is C16H21N5OS2. The molecular weight excluding hydrogens is 342 g/mol. The zero-order valence-corrected chi connectivity index (χ0v) is 15.5. The summed E-state index contributed by atoms with van der Waals surface area (Å²) in [7, 11) is 2.08. The van der Waals surface area contributed by atoms with Crippen LogP contribution in [0.25, 0.3) is 0 Å². The fraction of sp³-hybridized carbons (Fsp3) is 0.438. The van der Waals surface area contributed by atoms with Crippen LogP contribution >= 0.6 is 23.1 Å². The van der Waals surface area contributed by atoms with Gasteiger partial charge in [0.05, 0.1) is 5.75 Å². The molecule has 128 valence electrons. The number of amides is 1. The number of carbonyl (C=O) groups is 1. The summed E-state index contributed by atoms with van der Waals surface area (Å²) in [5, 5.41) is 12.3. The van der Waals surface area contributed by atoms with Crippen molar-refractivity contribution in [3.63, 3.8) is 0 Å². The number of piperazine rings is 1. The molecule has 8 heteroatoms. The van der Waals surface area contributed by atoms with Crippen molar-refractivity contribution in [2.24, 2.45) is 0 Å². The molecule has 0 saturated carbocycles. The average molecular weight is 364 g/mol. The molecule has 1 saturated heterocycles. The lowest BCUT2D eigenvalue weighted by Gasteiger charge is -2.32. The molecule has 0 bridgehead atoms. The van der Waals surface area contributed by atoms with E-state index in [9.17, 15) is 4.79 Å². The van der Waals surface area contributed by atoms with Gasteiger partial charge >= 0.3 is 0 Å². The Bertz CT molecular complexity index is 697. The van der Waals surface area contributed by atoms with Gasteiger partial charge in [-0.2, -0.15) is 0 Å². The van der Waals surface area contributed by atoms with E-state index in [2.05, 4.69) is 46.5 Å². The Labute approximate surface area is 150 Å². The standard InChI is InChI=1S/C16H21N5OS2/c1-12-4-3-5-13(10-12)17-15-18-19-16(24-15)23-11-14(22)21-8-6-20(2)7-9-21/h3-5,10H,6-9,11H2,1-2H3,(H,17,18). The van der Waals surface area contributed by atoms with E-state index in [-0.39, 0.29) is 5.91 Å². The fourth-order valence-electron chi connectivity index (χ4n) is 2.44. The van der Waals surface area contributed by atoms with Crippen LogP contribution < -0.4 is 5.32 Å². The maximum Gasteiger partial charge on any atom is 0.233 e. The maximum absolute atomic E-state index is 12.2. The first-order chi connectivity index (χ1) is 11.6. The Balaban J connectivity index is 1.50. The third-order valence-electron chi connectivity index (χ3n) is 3.85. The van der Waals surface area contributed by atoms with E-state index in [0.29, 0.717) is 5.75 Å². The SMILES string of the molecule is Cc1cccc(Nc2nnc(SCC(=O)N3CCN(C)CC3)s2)c1. The van der Waals surface area contributed by atoms with Crippen molar-refractivity contribution < 1.29 is 4.79 Å². The van der Waals surface area contributed by atoms with Gasteiger partial charge in [-0.05, 0) is 31.7 Å². The lowest BCUT2D eigenvalue weighted by Crippen LogP contribution is -2.47. The molecule has 6 nitrogen and oxygen atoms in total. The van der Waals surface area contributed by atoms with Crippen LogP contribution in [0.4, 0.5) is 10.8 Å². The third-order valence-corrected chi connectivity index (χ3v) is 5.81. The minimum absolute atomic E-state index is 0.177. The van der Waals surface area contributed by atoms with Crippen molar-refractivity contribution in [1.82, 2.24) is 20.0 Å². The number of nitrogens with one attached hydrogen (secondary N) is 1. The van der Waals surface area contributed by atoms with Crippen LogP contribution in [0, 0.1) is 6.92 Å². The fourth-order valence-corrected chi connectivity index (χ4v) is 4.11. The zero-order chi connectivity index (χ0) is 16.9. The molecule has 1 aromatic heterocycles. The molecule has 1 aromatic carbocycles. The largest absolute Gasteiger partial charge is 0.339 e. The molecule has 1 fully saturated rings. The summed E-state index contributed by atoms with van der Waals surface area (Å²) >= 11 is 2.93. The van der Waals surface area contributed by atoms with Gasteiger partial charge in [0, 0.05) is 31.9 Å². The summed E-state index contributed by atoms with van der Waals surface area (Å²) in [5.41, 5.74) is 2.19. The van der Waals surface area contributed by atoms with Crippen LogP contribution in [0.5, 0.6) is 0 Å². The highest BCUT2D eigenvalue weighted by atomic mass is 32.2. The summed E-state index contributed by atoms with van der Waals surface area (Å²) in [6.45, 7) is 5.56. The zero-order valence-electron chi connectivity index (χ0n) is 13.9. The summed E-state index contributed by atoms with van der Waals surface area (Å²) in [4.78, 5) is 16.4. The van der Waals surface area contributed by atoms with Crippen LogP contribution in [-0.4, -0.2) is 64.9 Å². The van der Waals surface area contributed by atoms with Gasteiger partial charge < -0.3 is 15.1 Å². The van der Waals surface area contributed by atoms with E-state index in [4.69, 9.17) is 0 Å². The van der Waals surface area contributed by atoms with Crippen LogP contribution in [0.15, 0.2) is 28.6 Å². The second-order valence-electron chi connectivity index (χ2n) is 5.84. The average Bonchev–Trinajstić information content (AvgIpc) is 3.01. The van der Waals surface area contributed by atoms with Crippen LogP contribution in [0.3, 0.4) is 0 Å². The van der Waals surface area contributed by atoms with Gasteiger partial charge in [-0.15, -0.1) is 10.2 Å². The number of carbonyl (C=O) groups excluding carboxylic acids is 1. The van der Waals surface area contributed by atoms with Gasteiger partial charge in [0.15, 0.2) is 4.34 Å². The number of thioether (sulfide) groups is 1. The normalized spacial score (nSPS) is 15.5. The van der Waals surface area contributed by atoms with Crippen molar-refractivity contribution in [2.45, 2.75) is 11.3 Å². The molecule has 0 atom stereocenters. The first-order valence-corrected chi connectivity index (χ1v) is 9.67. The molecule has 1 aliphatic heterocycles. The molecule has 3 rings (SSSR count). The van der Waals surface area contributed by atoms with E-state index in [1.54, 1.807) is 0 Å². The molecule has 2 heterocycles. The summed E-state index contributed by atoms with van der Waals surface area (Å²) < 4.78 is 0.813. The Hall–Kier alpha value is -1.64. The van der Waals surface area contributed by atoms with E-state index in [0.717, 1.165) is 41.3 Å². The van der Waals surface area contributed by atoms with E-state index in [1.807, 2.05) is 17.0 Å². The minimum atomic E-state index is 0.177. The smallest absolute Gasteiger partial charge is 0.233 e. The van der Waals surface area contributed by atoms with Crippen LogP contribution in [0.2, 0.25) is 0 Å². The number of likely N-dealkylation sites (N-methyl/N-ethyl adjacent to an activating group) is 1. The number of rotatable bonds is 5. The molecule has 0 unspecified atom stereocenters. The van der Waals surface area contributed by atoms with Gasteiger partial charge in [-0.1, -0.05) is 35.2 Å². The molecule has 1 N–H and O–H groups in total. The highest BCUT2D eigenvalue weighted by Gasteiger charge is 2.19. The monoisotopic (exact) mass is 363 g/mol. The number of aromatic nitrogens is 2. The number of aryl methyl sites for hydroxylation is 1. The molecule has 0 spiro atoms. The second-order valence-corrected chi connectivity index (χ2v) is 8.04. The van der Waals surface area contributed by atoms with Crippen LogP contribution in [-0.2, 0) is 4.79 Å². The van der Waals surface area contributed by atoms with E-state index < -0.39 is 0 Å². The highest BCUT2D eigenvalue weighted by molar-refractivity contribution is 8.01. The van der Waals surface area contributed by atoms with E-state index in [1.165, 1.54) is 28.7 Å². The van der Waals surface area contributed by atoms with Gasteiger partial charge in [0.1, 0.15) is 0 Å². The van der Waals surface area contributed by atoms with Crippen molar-refractivity contribution in [1.29, 1.82) is 0 Å². The molecule has 1 aliphatic rings. The van der Waals surface area contributed by atoms with Crippen molar-refractivity contribution in [3.05, 3.63) is 29.8 Å². The highest BCUT2D eigenvalue weighted by Crippen LogP contribution is 2.28. The molecule has 0 radical (unpaired) electrons. The minimum Gasteiger partial charge on any atom is -0.339 e. The summed E-state index contributed by atoms with van der Waals surface area (Å²) in [5.74, 6) is 0.597. The predicted molar refractivity (Wildman–Crippen MR) is 99.2 cm³/mol. The Kier molecular flexibility index (Phi) is 5.70. The molecule has 1 amide bonds. The Morgan fingerprint density at radius 1 is 1.29 bits per heavy atom. The number of nitrogens with zero attached hydrogens (tertiary/aromatic N) is 4. The number of anilines is 2. The topological polar surface area (TPSA) is 61.4 Å². The predicted octanol–water partition coefficient (Wildman–Crippen LogP) is 2.46. The van der Waals surface area contributed by atoms with Crippen molar-refractivity contribution >= 4 is 39.8 Å². The Morgan fingerprint density at radius 2 is 2.08 bits per heavy atom. The lowest BCUT2D eigenvalue weighted by molar-refractivity contribution is -0.129. The molecule has 0 aliphatic carbocycles. The maximum atomic E-state index is 12.2. The number of hydrogen-bond donors (Lipinski definition) is 1. The Morgan fingerprint density at radius 3 is 2.83 bits per heavy atom. The number of benzene rings is 1. The quantitative estimate of drug-likeness (QED) is 0.824. The van der Waals surface area contributed by atoms with Gasteiger partial charge in [0.25, 0.3) is 0 Å². The van der Waals surface area contributed by atoms with Crippen LogP contribution in [0.1, 0.15) is 5.56 Å². The van der Waals surface area contributed by atoms with Gasteiger partial charge in [-0.3, -0.25) is 4.79 Å².